The quantitative estimate of drug-likeness (QED) is 0.516. The van der Waals surface area contributed by atoms with Crippen LogP contribution >= 0.6 is 0 Å². The van der Waals surface area contributed by atoms with E-state index in [0.29, 0.717) is 5.69 Å². The number of aliphatic hydroxyl groups excluding tert-OH is 1. The molecule has 1 unspecified atom stereocenters. The first-order valence-electron chi connectivity index (χ1n) is 4.90. The van der Waals surface area contributed by atoms with Crippen molar-refractivity contribution in [1.29, 1.82) is 0 Å². The average molecular weight is 202 g/mol. The van der Waals surface area contributed by atoms with Crippen LogP contribution in [0.15, 0.2) is 36.4 Å². The van der Waals surface area contributed by atoms with Crippen molar-refractivity contribution >= 4 is 22.1 Å². The number of aliphatic hydroxyl groups is 1. The summed E-state index contributed by atoms with van der Waals surface area (Å²) in [5, 5.41) is 14.4. The third kappa shape index (κ3) is 1.87. The van der Waals surface area contributed by atoms with Crippen LogP contribution in [0.2, 0.25) is 0 Å². The molecular weight excluding hydrogens is 188 g/mol. The Labute approximate surface area is 88.5 Å². The summed E-state index contributed by atoms with van der Waals surface area (Å²) in [5.74, 6) is 0. The molecule has 2 aromatic rings. The molecule has 0 saturated heterocycles. The number of fused-ring (bicyclic) bond motifs is 1. The Balaban J connectivity index is 2.63. The van der Waals surface area contributed by atoms with Gasteiger partial charge in [-0.2, -0.15) is 0 Å². The maximum absolute atomic E-state index is 9.32. The van der Waals surface area contributed by atoms with E-state index in [0.717, 1.165) is 16.5 Å². The summed E-state index contributed by atoms with van der Waals surface area (Å²) in [6, 6.07) is 11.7. The Morgan fingerprint density at radius 1 is 1.20 bits per heavy atom. The fourth-order valence-electron chi connectivity index (χ4n) is 1.66. The van der Waals surface area contributed by atoms with Crippen molar-refractivity contribution in [2.75, 3.05) is 11.1 Å². The van der Waals surface area contributed by atoms with Crippen molar-refractivity contribution in [3.05, 3.63) is 36.4 Å². The van der Waals surface area contributed by atoms with Gasteiger partial charge < -0.3 is 16.2 Å². The monoisotopic (exact) mass is 202 g/mol. The molecule has 0 saturated carbocycles. The van der Waals surface area contributed by atoms with E-state index in [1.54, 1.807) is 6.92 Å². The highest BCUT2D eigenvalue weighted by molar-refractivity contribution is 5.99. The zero-order valence-corrected chi connectivity index (χ0v) is 8.57. The van der Waals surface area contributed by atoms with E-state index >= 15 is 0 Å². The van der Waals surface area contributed by atoms with Crippen molar-refractivity contribution in [1.82, 2.24) is 0 Å². The van der Waals surface area contributed by atoms with Gasteiger partial charge in [0.1, 0.15) is 6.23 Å². The summed E-state index contributed by atoms with van der Waals surface area (Å²) in [6.07, 6.45) is -0.613. The molecule has 15 heavy (non-hydrogen) atoms. The predicted octanol–water partition coefficient (Wildman–Crippen LogP) is 2.17. The number of hydrogen-bond donors (Lipinski definition) is 3. The van der Waals surface area contributed by atoms with Gasteiger partial charge in [-0.3, -0.25) is 0 Å². The highest BCUT2D eigenvalue weighted by Gasteiger charge is 2.05. The normalized spacial score (nSPS) is 12.7. The van der Waals surface area contributed by atoms with Crippen molar-refractivity contribution in [3.8, 4) is 0 Å². The zero-order valence-electron chi connectivity index (χ0n) is 8.57. The van der Waals surface area contributed by atoms with Crippen molar-refractivity contribution in [2.45, 2.75) is 13.2 Å². The number of anilines is 2. The second-order valence-corrected chi connectivity index (χ2v) is 3.57. The van der Waals surface area contributed by atoms with E-state index in [1.807, 2.05) is 36.4 Å². The molecule has 0 heterocycles. The van der Waals surface area contributed by atoms with Crippen LogP contribution in [0.1, 0.15) is 6.92 Å². The average Bonchev–Trinajstić information content (AvgIpc) is 2.22. The highest BCUT2D eigenvalue weighted by atomic mass is 16.3. The Bertz CT molecular complexity index is 480. The van der Waals surface area contributed by atoms with Crippen LogP contribution in [0.3, 0.4) is 0 Å². The summed E-state index contributed by atoms with van der Waals surface area (Å²) in [5.41, 5.74) is 7.30. The molecule has 2 aromatic carbocycles. The fourth-order valence-corrected chi connectivity index (χ4v) is 1.66. The molecule has 2 rings (SSSR count). The van der Waals surface area contributed by atoms with Crippen molar-refractivity contribution < 1.29 is 5.11 Å². The first-order chi connectivity index (χ1) is 7.18. The second-order valence-electron chi connectivity index (χ2n) is 3.57. The van der Waals surface area contributed by atoms with Gasteiger partial charge in [0.25, 0.3) is 0 Å². The molecule has 3 nitrogen and oxygen atoms in total. The lowest BCUT2D eigenvalue weighted by molar-refractivity contribution is 0.224. The van der Waals surface area contributed by atoms with Gasteiger partial charge in [0.15, 0.2) is 0 Å². The van der Waals surface area contributed by atoms with Gasteiger partial charge in [0.2, 0.25) is 0 Å². The van der Waals surface area contributed by atoms with E-state index in [9.17, 15) is 5.11 Å². The van der Waals surface area contributed by atoms with Gasteiger partial charge in [0, 0.05) is 5.39 Å². The van der Waals surface area contributed by atoms with E-state index in [4.69, 9.17) is 5.73 Å². The molecule has 0 amide bonds. The fraction of sp³-hybridized carbons (Fsp3) is 0.167. The number of rotatable bonds is 2. The molecule has 0 spiro atoms. The molecule has 78 valence electrons. The number of nitrogen functional groups attached to an aromatic ring is 1. The van der Waals surface area contributed by atoms with E-state index < -0.39 is 6.23 Å². The van der Waals surface area contributed by atoms with Gasteiger partial charge in [-0.15, -0.1) is 0 Å². The Morgan fingerprint density at radius 3 is 2.67 bits per heavy atom. The molecule has 0 aliphatic carbocycles. The highest BCUT2D eigenvalue weighted by Crippen LogP contribution is 2.29. The number of nitrogens with two attached hydrogens (primary N) is 1. The maximum atomic E-state index is 9.32. The number of nitrogens with one attached hydrogen (secondary N) is 1. The van der Waals surface area contributed by atoms with Crippen LogP contribution < -0.4 is 11.1 Å². The molecule has 0 aliphatic rings. The largest absolute Gasteiger partial charge is 0.397 e. The van der Waals surface area contributed by atoms with E-state index in [1.165, 1.54) is 0 Å². The molecular formula is C12H14N2O. The molecule has 0 aromatic heterocycles. The van der Waals surface area contributed by atoms with Crippen LogP contribution in [0, 0.1) is 0 Å². The summed E-state index contributed by atoms with van der Waals surface area (Å²) in [6.45, 7) is 1.67. The number of hydrogen-bond acceptors (Lipinski definition) is 3. The van der Waals surface area contributed by atoms with Gasteiger partial charge in [-0.1, -0.05) is 30.3 Å². The minimum absolute atomic E-state index is 0.613. The van der Waals surface area contributed by atoms with Crippen molar-refractivity contribution in [3.63, 3.8) is 0 Å². The first kappa shape index (κ1) is 9.80. The first-order valence-corrected chi connectivity index (χ1v) is 4.90. The number of benzene rings is 2. The van der Waals surface area contributed by atoms with Crippen LogP contribution in [-0.2, 0) is 0 Å². The Kier molecular flexibility index (Phi) is 2.47. The van der Waals surface area contributed by atoms with Crippen LogP contribution in [0.25, 0.3) is 10.8 Å². The molecule has 3 heteroatoms. The molecule has 0 radical (unpaired) electrons. The molecule has 0 aliphatic heterocycles. The Hall–Kier alpha value is -1.74. The summed E-state index contributed by atoms with van der Waals surface area (Å²) >= 11 is 0. The predicted molar refractivity (Wildman–Crippen MR) is 63.7 cm³/mol. The lowest BCUT2D eigenvalue weighted by atomic mass is 10.1. The molecule has 0 bridgehead atoms. The standard InChI is InChI=1S/C12H14N2O/c1-8(15)14-12-10-5-3-2-4-9(10)6-7-11(12)13/h2-8,14-15H,13H2,1H3. The van der Waals surface area contributed by atoms with Crippen molar-refractivity contribution in [2.24, 2.45) is 0 Å². The zero-order chi connectivity index (χ0) is 10.8. The third-order valence-corrected chi connectivity index (χ3v) is 2.31. The lowest BCUT2D eigenvalue weighted by Crippen LogP contribution is -2.14. The van der Waals surface area contributed by atoms with Gasteiger partial charge in [0.05, 0.1) is 11.4 Å². The van der Waals surface area contributed by atoms with Crippen LogP contribution in [0.4, 0.5) is 11.4 Å². The van der Waals surface area contributed by atoms with Gasteiger partial charge in [-0.05, 0) is 18.4 Å². The van der Waals surface area contributed by atoms with Crippen LogP contribution in [-0.4, -0.2) is 11.3 Å². The second kappa shape index (κ2) is 3.79. The SMILES string of the molecule is CC(O)Nc1c(N)ccc2ccccc12. The summed E-state index contributed by atoms with van der Waals surface area (Å²) in [7, 11) is 0. The lowest BCUT2D eigenvalue weighted by Gasteiger charge is -2.14. The van der Waals surface area contributed by atoms with E-state index in [-0.39, 0.29) is 0 Å². The molecule has 1 atom stereocenters. The van der Waals surface area contributed by atoms with E-state index in [2.05, 4.69) is 5.32 Å². The van der Waals surface area contributed by atoms with Gasteiger partial charge in [-0.25, -0.2) is 0 Å². The minimum atomic E-state index is -0.613. The molecule has 4 N–H and O–H groups in total. The van der Waals surface area contributed by atoms with Gasteiger partial charge >= 0.3 is 0 Å². The van der Waals surface area contributed by atoms with Crippen LogP contribution in [0.5, 0.6) is 0 Å². The summed E-state index contributed by atoms with van der Waals surface area (Å²) < 4.78 is 0. The molecule has 0 fully saturated rings. The maximum Gasteiger partial charge on any atom is 0.121 e. The summed E-state index contributed by atoms with van der Waals surface area (Å²) in [4.78, 5) is 0. The third-order valence-electron chi connectivity index (χ3n) is 2.31. The minimum Gasteiger partial charge on any atom is -0.397 e. The smallest absolute Gasteiger partial charge is 0.121 e. The topological polar surface area (TPSA) is 58.3 Å². The Morgan fingerprint density at radius 2 is 1.93 bits per heavy atom.